The molecule has 4 aliphatic rings. The lowest BCUT2D eigenvalue weighted by Crippen LogP contribution is -2.89. The number of para-hydroxylation sites is 2. The number of ether oxygens (including phenoxy) is 1. The summed E-state index contributed by atoms with van der Waals surface area (Å²) in [5, 5.41) is 26.0. The maximum Gasteiger partial charge on any atom is 0.336 e. The molecule has 0 unspecified atom stereocenters. The molecule has 1 aromatic heterocycles. The maximum atomic E-state index is 14.5. The highest BCUT2D eigenvalue weighted by molar-refractivity contribution is 7.89. The Hall–Kier alpha value is -8.52. The number of carbonyl (C=O) groups is 4. The molecule has 452 valence electrons. The lowest BCUT2D eigenvalue weighted by Gasteiger charge is -2.34. The van der Waals surface area contributed by atoms with Crippen LogP contribution >= 0.6 is 0 Å². The second-order valence-corrected chi connectivity index (χ2v) is 27.6. The summed E-state index contributed by atoms with van der Waals surface area (Å²) in [6, 6.07) is 36.0. The lowest BCUT2D eigenvalue weighted by molar-refractivity contribution is -0.645. The van der Waals surface area contributed by atoms with Crippen molar-refractivity contribution in [3.63, 3.8) is 0 Å². The molecule has 1 fully saturated rings. The molecule has 19 heteroatoms. The summed E-state index contributed by atoms with van der Waals surface area (Å²) in [5.41, 5.74) is 10.4. The molecular weight excluding hydrogens is 1140 g/mol. The predicted molar refractivity (Wildman–Crippen MR) is 336 cm³/mol. The van der Waals surface area contributed by atoms with E-state index in [1.165, 1.54) is 34.5 Å². The minimum absolute atomic E-state index is 0.0763. The highest BCUT2D eigenvalue weighted by atomic mass is 32.2. The molecule has 6 aromatic carbocycles. The van der Waals surface area contributed by atoms with Gasteiger partial charge in [0.25, 0.3) is 15.9 Å². The largest absolute Gasteiger partial charge is 0.481 e. The number of aromatic carboxylic acids is 1. The van der Waals surface area contributed by atoms with Gasteiger partial charge in [0, 0.05) is 118 Å². The van der Waals surface area contributed by atoms with E-state index >= 15 is 0 Å². The molecule has 17 nitrogen and oxygen atoms in total. The van der Waals surface area contributed by atoms with Crippen molar-refractivity contribution in [2.24, 2.45) is 0 Å². The fourth-order valence-corrected chi connectivity index (χ4v) is 15.2. The summed E-state index contributed by atoms with van der Waals surface area (Å²) in [4.78, 5) is 55.1. The number of nitrogens with zero attached hydrogens (tertiary/aromatic N) is 4. The molecule has 0 saturated carbocycles. The first-order chi connectivity index (χ1) is 41.3. The molecule has 0 spiro atoms. The molecule has 7 aromatic rings. The number of allylic oxidation sites excluding steroid dienone is 2. The number of hydrogen-bond acceptors (Lipinski definition) is 10. The second kappa shape index (κ2) is 24.3. The van der Waals surface area contributed by atoms with E-state index in [2.05, 4.69) is 88.3 Å². The van der Waals surface area contributed by atoms with Crippen LogP contribution in [-0.2, 0) is 36.2 Å². The van der Waals surface area contributed by atoms with E-state index in [4.69, 9.17) is 4.74 Å². The van der Waals surface area contributed by atoms with Crippen molar-refractivity contribution in [1.29, 1.82) is 0 Å². The number of nitrogens with one attached hydrogen (secondary N) is 2. The van der Waals surface area contributed by atoms with Gasteiger partial charge in [-0.2, -0.15) is 8.87 Å². The molecule has 87 heavy (non-hydrogen) atoms. The Kier molecular flexibility index (Phi) is 17.2. The number of hydrogen-bond donors (Lipinski definition) is 4. The number of aliphatic carboxylic acids is 1. The Morgan fingerprint density at radius 2 is 1.33 bits per heavy atom. The topological polar surface area (TPSA) is 226 Å². The first-order valence-corrected chi connectivity index (χ1v) is 32.5. The van der Waals surface area contributed by atoms with Gasteiger partial charge >= 0.3 is 11.9 Å². The van der Waals surface area contributed by atoms with Crippen LogP contribution in [0.5, 0.6) is 11.5 Å². The molecule has 0 atom stereocenters. The van der Waals surface area contributed by atoms with Crippen molar-refractivity contribution in [1.82, 2.24) is 13.5 Å². The Labute approximate surface area is 507 Å². The Morgan fingerprint density at radius 3 is 1.95 bits per heavy atom. The van der Waals surface area contributed by atoms with Gasteiger partial charge < -0.3 is 25.2 Å². The number of carbonyl (C=O) groups excluding carboxylic acids is 2. The van der Waals surface area contributed by atoms with Gasteiger partial charge in [-0.3, -0.25) is 14.4 Å². The van der Waals surface area contributed by atoms with Gasteiger partial charge in [-0.05, 0) is 105 Å². The van der Waals surface area contributed by atoms with Crippen molar-refractivity contribution in [3.8, 4) is 11.5 Å². The normalized spacial score (nSPS) is 15.8. The minimum Gasteiger partial charge on any atom is -0.481 e. The molecule has 4 aliphatic heterocycles. The average molecular weight is 1220 g/mol. The number of aryl methyl sites for hydroxylation is 2. The molecule has 0 aliphatic carbocycles. The van der Waals surface area contributed by atoms with Crippen molar-refractivity contribution in [2.45, 2.75) is 110 Å². The standard InChI is InChI=1S/C34H38N4O8S2.C34H34N2O3/c1-25-14-16-27(17-15-25)48(45,46)38(19-7-13-32(40)41)34(42)33-28-9-3-5-11-30(28)37(31-12-6-4-10-29(31)33)18-8-24-47(43,44)36-22-20-35(21-23-36)26(2)39;1-7-19-17-33(3,4)35-27-15-29-25(13-23(19)27)31(21-11-9-10-12-22(21)32(37)38)26-14-24-20(8-2)18-34(5,6)36-28(24)16-30(26)39-29/h3-6,9-12,14-17H,7-8,13,18-24H2,1-2H3;9-18,35H,7-8H2,1-6H3,(H,37,38)/p+2. The third-order valence-corrected chi connectivity index (χ3v) is 20.2. The third-order valence-electron chi connectivity index (χ3n) is 16.5. The van der Waals surface area contributed by atoms with E-state index in [-0.39, 0.29) is 77.7 Å². The van der Waals surface area contributed by atoms with Crippen LogP contribution in [0.15, 0.2) is 138 Å². The first kappa shape index (κ1) is 61.6. The number of pyridine rings is 1. The maximum absolute atomic E-state index is 14.5. The van der Waals surface area contributed by atoms with Crippen molar-refractivity contribution >= 4 is 88.0 Å². The van der Waals surface area contributed by atoms with Crippen molar-refractivity contribution in [2.75, 3.05) is 43.8 Å². The van der Waals surface area contributed by atoms with E-state index in [1.807, 2.05) is 23.6 Å². The molecule has 0 radical (unpaired) electrons. The summed E-state index contributed by atoms with van der Waals surface area (Å²) in [6.45, 7) is 17.4. The zero-order valence-corrected chi connectivity index (χ0v) is 52.0. The Bertz CT molecular complexity index is 4340. The van der Waals surface area contributed by atoms with Crippen LogP contribution in [0.3, 0.4) is 0 Å². The Balaban J connectivity index is 0.000000196. The fraction of sp³-hybridized carbons (Fsp3) is 0.324. The fourth-order valence-electron chi connectivity index (χ4n) is 12.3. The van der Waals surface area contributed by atoms with Crippen molar-refractivity contribution < 1.29 is 60.5 Å². The number of aromatic nitrogens is 1. The van der Waals surface area contributed by atoms with E-state index in [0.29, 0.717) is 47.0 Å². The number of benzene rings is 6. The van der Waals surface area contributed by atoms with Crippen LogP contribution in [0, 0.1) is 6.92 Å². The first-order valence-electron chi connectivity index (χ1n) is 29.5. The number of fused-ring (bicyclic) bond motifs is 6. The number of carboxylic acids is 2. The van der Waals surface area contributed by atoms with Crippen LogP contribution < -0.4 is 30.2 Å². The summed E-state index contributed by atoms with van der Waals surface area (Å²) in [7, 11) is -7.96. The second-order valence-electron chi connectivity index (χ2n) is 23.7. The van der Waals surface area contributed by atoms with E-state index in [0.717, 1.165) is 72.7 Å². The number of anilines is 1. The minimum atomic E-state index is -4.37. The number of amides is 2. The van der Waals surface area contributed by atoms with Gasteiger partial charge in [0.1, 0.15) is 11.5 Å². The average Bonchev–Trinajstić information content (AvgIpc) is 1.72. The summed E-state index contributed by atoms with van der Waals surface area (Å²) in [5.74, 6) is -1.59. The summed E-state index contributed by atoms with van der Waals surface area (Å²) >= 11 is 0. The van der Waals surface area contributed by atoms with Crippen LogP contribution in [0.25, 0.3) is 38.5 Å². The van der Waals surface area contributed by atoms with Gasteiger partial charge in [0.15, 0.2) is 12.1 Å². The van der Waals surface area contributed by atoms with E-state index in [9.17, 15) is 46.2 Å². The smallest absolute Gasteiger partial charge is 0.336 e. The molecule has 4 N–H and O–H groups in total. The molecule has 11 rings (SSSR count). The molecule has 2 amide bonds. The molecule has 5 heterocycles. The van der Waals surface area contributed by atoms with Gasteiger partial charge in [-0.1, -0.05) is 80.1 Å². The summed E-state index contributed by atoms with van der Waals surface area (Å²) < 4.78 is 65.1. The van der Waals surface area contributed by atoms with Gasteiger partial charge in [0.05, 0.1) is 44.2 Å². The zero-order valence-electron chi connectivity index (χ0n) is 50.4. The highest BCUT2D eigenvalue weighted by Gasteiger charge is 2.37. The third kappa shape index (κ3) is 12.6. The van der Waals surface area contributed by atoms with Crippen LogP contribution in [0.2, 0.25) is 0 Å². The highest BCUT2D eigenvalue weighted by Crippen LogP contribution is 2.45. The van der Waals surface area contributed by atoms with E-state index in [1.54, 1.807) is 77.7 Å². The van der Waals surface area contributed by atoms with Gasteiger partial charge in [-0.15, -0.1) is 0 Å². The number of carboxylic acid groups (broad SMARTS) is 2. The van der Waals surface area contributed by atoms with Crippen LogP contribution in [0.1, 0.15) is 129 Å². The number of piperazine rings is 1. The quantitative estimate of drug-likeness (QED) is 0.0531. The Morgan fingerprint density at radius 1 is 0.713 bits per heavy atom. The SMILES string of the molecule is CC(=O)N1CCN(S(=O)(=O)CCC[n+]2c3ccccc3c(C(=O)N(CCCC(=O)O)S(=O)(=O)c3ccc(C)cc3)c3ccccc32)CC1.CCC1=CC(C)(C)Nc2cc3c(cc21)C(c1ccccc1C(=O)O)=c1cc2c(cc1O3)=[NH+]C(C)(C)C=C2CC. The van der Waals surface area contributed by atoms with Gasteiger partial charge in [-0.25, -0.2) is 30.9 Å². The monoisotopic (exact) mass is 1210 g/mol. The molecular formula is C68H74N6O11S2+2. The van der Waals surface area contributed by atoms with Crippen LogP contribution in [0.4, 0.5) is 5.69 Å². The lowest BCUT2D eigenvalue weighted by atomic mass is 9.83. The van der Waals surface area contributed by atoms with Gasteiger partial charge in [0.2, 0.25) is 32.3 Å². The number of sulfonamides is 2. The molecule has 0 bridgehead atoms. The predicted octanol–water partition coefficient (Wildman–Crippen LogP) is 8.19. The summed E-state index contributed by atoms with van der Waals surface area (Å²) in [6.07, 6.45) is 6.24. The molecule has 1 saturated heterocycles. The van der Waals surface area contributed by atoms with E-state index < -0.39 is 37.9 Å². The zero-order chi connectivity index (χ0) is 62.3. The van der Waals surface area contributed by atoms with Crippen molar-refractivity contribution in [3.05, 3.63) is 183 Å². The van der Waals surface area contributed by atoms with Crippen LogP contribution in [-0.4, -0.2) is 114 Å². The number of rotatable bonds is 16.